The first-order chi connectivity index (χ1) is 15.1. The fourth-order valence-corrected chi connectivity index (χ4v) is 4.17. The van der Waals surface area contributed by atoms with Gasteiger partial charge in [-0.05, 0) is 38.4 Å². The molecule has 0 atom stereocenters. The summed E-state index contributed by atoms with van der Waals surface area (Å²) < 4.78 is 5.47. The molecule has 0 spiro atoms. The van der Waals surface area contributed by atoms with Crippen LogP contribution < -0.4 is 5.32 Å². The lowest BCUT2D eigenvalue weighted by atomic mass is 9.92. The summed E-state index contributed by atoms with van der Waals surface area (Å²) in [5, 5.41) is 9.54. The number of rotatable bonds is 7. The van der Waals surface area contributed by atoms with E-state index >= 15 is 0 Å². The number of benzene rings is 4. The zero-order valence-electron chi connectivity index (χ0n) is 16.8. The van der Waals surface area contributed by atoms with Gasteiger partial charge in [0.05, 0.1) is 19.8 Å². The van der Waals surface area contributed by atoms with E-state index in [-0.39, 0.29) is 30.9 Å². The molecule has 0 fully saturated rings. The first kappa shape index (κ1) is 19.2. The van der Waals surface area contributed by atoms with Gasteiger partial charge in [0.1, 0.15) is 0 Å². The van der Waals surface area contributed by atoms with E-state index in [1.165, 1.54) is 17.5 Å². The van der Waals surface area contributed by atoms with E-state index in [9.17, 15) is 14.4 Å². The summed E-state index contributed by atoms with van der Waals surface area (Å²) in [6, 6.07) is 18.3. The molecule has 1 aliphatic rings. The highest BCUT2D eigenvalue weighted by molar-refractivity contribution is 6.26. The van der Waals surface area contributed by atoms with Gasteiger partial charge in [0.2, 0.25) is 0 Å². The number of nitrogens with one attached hydrogen (secondary N) is 1. The molecule has 0 aromatic heterocycles. The van der Waals surface area contributed by atoms with Gasteiger partial charge in [-0.25, -0.2) is 0 Å². The van der Waals surface area contributed by atoms with E-state index in [2.05, 4.69) is 35.6 Å². The molecule has 1 heterocycles. The van der Waals surface area contributed by atoms with E-state index in [0.717, 1.165) is 31.8 Å². The fraction of sp³-hybridized carbons (Fsp3) is 0.160. The molecule has 6 nitrogen and oxygen atoms in total. The normalized spacial score (nSPS) is 13.9. The molecule has 6 heteroatoms. The summed E-state index contributed by atoms with van der Waals surface area (Å²) in [7, 11) is 0. The summed E-state index contributed by atoms with van der Waals surface area (Å²) >= 11 is 0. The van der Waals surface area contributed by atoms with Crippen molar-refractivity contribution in [3.8, 4) is 0 Å². The van der Waals surface area contributed by atoms with Gasteiger partial charge < -0.3 is 10.1 Å². The number of carbonyl (C=O) groups excluding carboxylic acids is 3. The van der Waals surface area contributed by atoms with Crippen LogP contribution in [0, 0.1) is 0 Å². The van der Waals surface area contributed by atoms with Crippen molar-refractivity contribution in [2.24, 2.45) is 0 Å². The molecule has 31 heavy (non-hydrogen) atoms. The minimum absolute atomic E-state index is 0.157. The highest BCUT2D eigenvalue weighted by Crippen LogP contribution is 2.35. The van der Waals surface area contributed by atoms with Crippen molar-refractivity contribution in [3.05, 3.63) is 72.3 Å². The van der Waals surface area contributed by atoms with Crippen LogP contribution in [0.2, 0.25) is 0 Å². The Hall–Kier alpha value is -3.77. The zero-order valence-corrected chi connectivity index (χ0v) is 16.8. The van der Waals surface area contributed by atoms with E-state index in [1.54, 1.807) is 0 Å². The van der Waals surface area contributed by atoms with E-state index in [1.807, 2.05) is 24.3 Å². The van der Waals surface area contributed by atoms with Crippen molar-refractivity contribution in [1.82, 2.24) is 10.2 Å². The zero-order chi connectivity index (χ0) is 21.4. The molecule has 154 valence electrons. The van der Waals surface area contributed by atoms with Crippen LogP contribution in [0.4, 0.5) is 0 Å². The molecular weight excluding hydrogens is 392 g/mol. The lowest BCUT2D eigenvalue weighted by molar-refractivity contribution is -0.137. The molecule has 0 bridgehead atoms. The van der Waals surface area contributed by atoms with Crippen molar-refractivity contribution in [1.29, 1.82) is 0 Å². The highest BCUT2D eigenvalue weighted by Gasteiger charge is 2.22. The third-order valence-electron chi connectivity index (χ3n) is 5.67. The quantitative estimate of drug-likeness (QED) is 0.287. The first-order valence-electron chi connectivity index (χ1n) is 10.2. The maximum Gasteiger partial charge on any atom is 0.253 e. The SMILES string of the molecule is O=C(NCCOCCN1C(=O)C=CC1=O)c1ccc2ccc3cccc4ccc1c2c34. The highest BCUT2D eigenvalue weighted by atomic mass is 16.5. The van der Waals surface area contributed by atoms with Crippen LogP contribution in [0.3, 0.4) is 0 Å². The summed E-state index contributed by atoms with van der Waals surface area (Å²) in [6.45, 7) is 1.06. The van der Waals surface area contributed by atoms with Gasteiger partial charge in [0, 0.05) is 24.3 Å². The Balaban J connectivity index is 1.25. The number of amides is 3. The molecule has 5 rings (SSSR count). The minimum Gasteiger partial charge on any atom is -0.378 e. The van der Waals surface area contributed by atoms with Crippen molar-refractivity contribution in [2.45, 2.75) is 0 Å². The molecule has 1 aliphatic heterocycles. The first-order valence-corrected chi connectivity index (χ1v) is 10.2. The molecule has 3 amide bonds. The van der Waals surface area contributed by atoms with Crippen molar-refractivity contribution in [3.63, 3.8) is 0 Å². The van der Waals surface area contributed by atoms with Gasteiger partial charge in [-0.15, -0.1) is 0 Å². The van der Waals surface area contributed by atoms with Gasteiger partial charge >= 0.3 is 0 Å². The Labute approximate surface area is 178 Å². The van der Waals surface area contributed by atoms with Gasteiger partial charge in [-0.2, -0.15) is 0 Å². The third kappa shape index (κ3) is 3.41. The van der Waals surface area contributed by atoms with Crippen LogP contribution in [0.1, 0.15) is 10.4 Å². The predicted octanol–water partition coefficient (Wildman–Crippen LogP) is 3.26. The Morgan fingerprint density at radius 3 is 2.19 bits per heavy atom. The maximum atomic E-state index is 12.8. The standard InChI is InChI=1S/C25H20N2O4/c28-21-10-11-22(29)27(21)13-15-31-14-12-26-25(30)20-9-7-18-5-4-16-2-1-3-17-6-8-19(20)24(18)23(16)17/h1-11H,12-15H2,(H,26,30). The van der Waals surface area contributed by atoms with Gasteiger partial charge in [0.15, 0.2) is 0 Å². The van der Waals surface area contributed by atoms with Crippen LogP contribution >= 0.6 is 0 Å². The molecular formula is C25H20N2O4. The van der Waals surface area contributed by atoms with Crippen LogP contribution in [0.15, 0.2) is 66.7 Å². The number of imide groups is 1. The number of carbonyl (C=O) groups is 3. The lowest BCUT2D eigenvalue weighted by Crippen LogP contribution is -2.34. The molecule has 0 unspecified atom stereocenters. The van der Waals surface area contributed by atoms with Gasteiger partial charge in [-0.1, -0.05) is 48.5 Å². The number of hydrogen-bond donors (Lipinski definition) is 1. The number of ether oxygens (including phenoxy) is 1. The Morgan fingerprint density at radius 1 is 0.806 bits per heavy atom. The van der Waals surface area contributed by atoms with Crippen LogP contribution in [0.25, 0.3) is 32.3 Å². The van der Waals surface area contributed by atoms with Crippen molar-refractivity contribution in [2.75, 3.05) is 26.3 Å². The van der Waals surface area contributed by atoms with E-state index < -0.39 is 0 Å². The van der Waals surface area contributed by atoms with Crippen molar-refractivity contribution < 1.29 is 19.1 Å². The monoisotopic (exact) mass is 412 g/mol. The lowest BCUT2D eigenvalue weighted by Gasteiger charge is -2.15. The van der Waals surface area contributed by atoms with Crippen molar-refractivity contribution >= 4 is 50.0 Å². The van der Waals surface area contributed by atoms with E-state index in [0.29, 0.717) is 18.7 Å². The second-order valence-electron chi connectivity index (χ2n) is 7.50. The Morgan fingerprint density at radius 2 is 1.45 bits per heavy atom. The van der Waals surface area contributed by atoms with Gasteiger partial charge in [-0.3, -0.25) is 19.3 Å². The molecule has 0 saturated heterocycles. The second kappa shape index (κ2) is 7.81. The fourth-order valence-electron chi connectivity index (χ4n) is 4.17. The summed E-state index contributed by atoms with van der Waals surface area (Å²) in [6.07, 6.45) is 2.50. The largest absolute Gasteiger partial charge is 0.378 e. The Kier molecular flexibility index (Phi) is 4.84. The topological polar surface area (TPSA) is 75.7 Å². The minimum atomic E-state index is -0.323. The van der Waals surface area contributed by atoms with Crippen LogP contribution in [-0.4, -0.2) is 48.9 Å². The average Bonchev–Trinajstić information content (AvgIpc) is 3.11. The predicted molar refractivity (Wildman–Crippen MR) is 119 cm³/mol. The summed E-state index contributed by atoms with van der Waals surface area (Å²) in [4.78, 5) is 37.0. The number of nitrogens with zero attached hydrogens (tertiary/aromatic N) is 1. The molecule has 0 aliphatic carbocycles. The van der Waals surface area contributed by atoms with Crippen LogP contribution in [-0.2, 0) is 14.3 Å². The second-order valence-corrected chi connectivity index (χ2v) is 7.50. The summed E-state index contributed by atoms with van der Waals surface area (Å²) in [5.74, 6) is -0.803. The summed E-state index contributed by atoms with van der Waals surface area (Å²) in [5.41, 5.74) is 0.630. The third-order valence-corrected chi connectivity index (χ3v) is 5.67. The smallest absolute Gasteiger partial charge is 0.253 e. The van der Waals surface area contributed by atoms with Gasteiger partial charge in [0.25, 0.3) is 17.7 Å². The molecule has 4 aromatic carbocycles. The maximum absolute atomic E-state index is 12.8. The molecule has 4 aromatic rings. The molecule has 0 radical (unpaired) electrons. The number of hydrogen-bond acceptors (Lipinski definition) is 4. The average molecular weight is 412 g/mol. The van der Waals surface area contributed by atoms with Crippen LogP contribution in [0.5, 0.6) is 0 Å². The molecule has 0 saturated carbocycles. The van der Waals surface area contributed by atoms with E-state index in [4.69, 9.17) is 4.74 Å². The molecule has 1 N–H and O–H groups in total. The Bertz CT molecular complexity index is 1320.